The first-order valence-corrected chi connectivity index (χ1v) is 9.80. The highest BCUT2D eigenvalue weighted by Crippen LogP contribution is 2.27. The van der Waals surface area contributed by atoms with Crippen molar-refractivity contribution in [1.82, 2.24) is 9.97 Å². The molecule has 0 unspecified atom stereocenters. The maximum atomic E-state index is 12.3. The Balaban J connectivity index is 1.75. The third-order valence-corrected chi connectivity index (χ3v) is 5.90. The molecule has 27 heavy (non-hydrogen) atoms. The van der Waals surface area contributed by atoms with Crippen molar-refractivity contribution in [2.24, 2.45) is 0 Å². The maximum Gasteiger partial charge on any atom is 0.266 e. The summed E-state index contributed by atoms with van der Waals surface area (Å²) in [6.45, 7) is 0. The molecule has 4 rings (SSSR count). The van der Waals surface area contributed by atoms with E-state index in [1.807, 2.05) is 54.6 Å². The molecule has 5 nitrogen and oxygen atoms in total. The summed E-state index contributed by atoms with van der Waals surface area (Å²) in [7, 11) is 3.18. The number of ether oxygens (including phenoxy) is 2. The first-order valence-electron chi connectivity index (χ1n) is 8.16. The van der Waals surface area contributed by atoms with Gasteiger partial charge in [-0.2, -0.15) is 0 Å². The van der Waals surface area contributed by atoms with Crippen molar-refractivity contribution in [2.75, 3.05) is 14.2 Å². The molecule has 2 aromatic heterocycles. The molecule has 2 heterocycles. The lowest BCUT2D eigenvalue weighted by Crippen LogP contribution is -2.19. The number of methoxy groups -OCH3 is 2. The van der Waals surface area contributed by atoms with E-state index in [4.69, 9.17) is 9.47 Å². The number of fused-ring (bicyclic) bond motifs is 1. The Bertz CT molecular complexity index is 1250. The Morgan fingerprint density at radius 2 is 1.81 bits per heavy atom. The Labute approximate surface area is 162 Å². The molecule has 2 aromatic carbocycles. The highest BCUT2D eigenvalue weighted by Gasteiger charge is 2.04. The SMILES string of the molecule is COc1ccc(/C=c2\s/c(=C/c3nc4ccccc4s3)[nH]c2=O)cc1OC. The number of rotatable bonds is 4. The number of nitrogens with one attached hydrogen (secondary N) is 1. The van der Waals surface area contributed by atoms with Crippen molar-refractivity contribution >= 4 is 45.0 Å². The van der Waals surface area contributed by atoms with Gasteiger partial charge in [-0.05, 0) is 35.9 Å². The lowest BCUT2D eigenvalue weighted by Gasteiger charge is -2.07. The van der Waals surface area contributed by atoms with Crippen LogP contribution in [0.15, 0.2) is 47.3 Å². The summed E-state index contributed by atoms with van der Waals surface area (Å²) in [5.41, 5.74) is 1.71. The van der Waals surface area contributed by atoms with Gasteiger partial charge in [-0.1, -0.05) is 18.2 Å². The van der Waals surface area contributed by atoms with Crippen LogP contribution in [0.5, 0.6) is 11.5 Å². The van der Waals surface area contributed by atoms with E-state index in [-0.39, 0.29) is 5.56 Å². The summed E-state index contributed by atoms with van der Waals surface area (Å²) in [4.78, 5) is 19.8. The molecule has 0 aliphatic carbocycles. The minimum Gasteiger partial charge on any atom is -0.493 e. The zero-order chi connectivity index (χ0) is 18.8. The number of nitrogens with zero attached hydrogens (tertiary/aromatic N) is 1. The highest BCUT2D eigenvalue weighted by molar-refractivity contribution is 7.19. The van der Waals surface area contributed by atoms with Crippen molar-refractivity contribution in [3.05, 3.63) is 72.6 Å². The van der Waals surface area contributed by atoms with E-state index in [2.05, 4.69) is 9.97 Å². The van der Waals surface area contributed by atoms with E-state index in [1.165, 1.54) is 11.3 Å². The minimum absolute atomic E-state index is 0.123. The van der Waals surface area contributed by atoms with Crippen LogP contribution in [0.1, 0.15) is 10.6 Å². The van der Waals surface area contributed by atoms with Gasteiger partial charge in [0, 0.05) is 6.08 Å². The molecule has 1 N–H and O–H groups in total. The van der Waals surface area contributed by atoms with E-state index < -0.39 is 0 Å². The van der Waals surface area contributed by atoms with Gasteiger partial charge in [0.15, 0.2) is 11.5 Å². The Morgan fingerprint density at radius 1 is 1.00 bits per heavy atom. The molecule has 7 heteroatoms. The third-order valence-electron chi connectivity index (χ3n) is 3.95. The zero-order valence-electron chi connectivity index (χ0n) is 14.7. The summed E-state index contributed by atoms with van der Waals surface area (Å²) < 4.78 is 13.1. The predicted molar refractivity (Wildman–Crippen MR) is 110 cm³/mol. The van der Waals surface area contributed by atoms with Crippen LogP contribution >= 0.6 is 22.7 Å². The van der Waals surface area contributed by atoms with Crippen LogP contribution in [-0.4, -0.2) is 24.2 Å². The normalized spacial score (nSPS) is 12.7. The smallest absolute Gasteiger partial charge is 0.266 e. The van der Waals surface area contributed by atoms with Crippen LogP contribution in [0, 0.1) is 0 Å². The number of hydrogen-bond acceptors (Lipinski definition) is 6. The van der Waals surface area contributed by atoms with Crippen molar-refractivity contribution in [3.63, 3.8) is 0 Å². The van der Waals surface area contributed by atoms with Crippen LogP contribution in [0.4, 0.5) is 0 Å². The summed E-state index contributed by atoms with van der Waals surface area (Å²) in [6, 6.07) is 13.5. The first-order chi connectivity index (χ1) is 13.2. The van der Waals surface area contributed by atoms with Crippen molar-refractivity contribution in [3.8, 4) is 11.5 Å². The molecule has 0 atom stereocenters. The molecule has 0 spiro atoms. The molecular formula is C20H16N2O3S2. The summed E-state index contributed by atoms with van der Waals surface area (Å²) >= 11 is 3.00. The number of aromatic nitrogens is 2. The average Bonchev–Trinajstić information content (AvgIpc) is 3.24. The topological polar surface area (TPSA) is 64.2 Å². The summed E-state index contributed by atoms with van der Waals surface area (Å²) in [6.07, 6.45) is 3.74. The Kier molecular flexibility index (Phi) is 4.79. The second-order valence-electron chi connectivity index (χ2n) is 5.71. The molecule has 0 amide bonds. The quantitative estimate of drug-likeness (QED) is 0.576. The largest absolute Gasteiger partial charge is 0.493 e. The fraction of sp³-hybridized carbons (Fsp3) is 0.100. The Hall–Kier alpha value is -2.90. The Morgan fingerprint density at radius 3 is 2.59 bits per heavy atom. The molecule has 0 radical (unpaired) electrons. The molecule has 0 fully saturated rings. The van der Waals surface area contributed by atoms with Gasteiger partial charge >= 0.3 is 0 Å². The highest BCUT2D eigenvalue weighted by atomic mass is 32.1. The van der Waals surface area contributed by atoms with Crippen LogP contribution < -0.4 is 24.2 Å². The molecule has 136 valence electrons. The van der Waals surface area contributed by atoms with Crippen LogP contribution in [0.2, 0.25) is 0 Å². The number of thiazole rings is 2. The van der Waals surface area contributed by atoms with Gasteiger partial charge in [-0.25, -0.2) is 4.98 Å². The second-order valence-corrected chi connectivity index (χ2v) is 7.85. The van der Waals surface area contributed by atoms with Gasteiger partial charge in [0.05, 0.1) is 33.6 Å². The fourth-order valence-electron chi connectivity index (χ4n) is 2.68. The number of H-pyrrole nitrogens is 1. The lowest BCUT2D eigenvalue weighted by molar-refractivity contribution is 0.355. The van der Waals surface area contributed by atoms with Crippen LogP contribution in [0.25, 0.3) is 22.4 Å². The van der Waals surface area contributed by atoms with Gasteiger partial charge in [0.25, 0.3) is 5.56 Å². The van der Waals surface area contributed by atoms with Crippen molar-refractivity contribution in [2.45, 2.75) is 0 Å². The van der Waals surface area contributed by atoms with Gasteiger partial charge in [0.2, 0.25) is 0 Å². The fourth-order valence-corrected chi connectivity index (χ4v) is 4.56. The van der Waals surface area contributed by atoms with E-state index in [0.717, 1.165) is 25.5 Å². The number of hydrogen-bond donors (Lipinski definition) is 1. The molecule has 0 bridgehead atoms. The van der Waals surface area contributed by atoms with E-state index >= 15 is 0 Å². The predicted octanol–water partition coefficient (Wildman–Crippen LogP) is 2.72. The number of benzene rings is 2. The first kappa shape index (κ1) is 17.5. The van der Waals surface area contributed by atoms with Gasteiger partial charge in [0.1, 0.15) is 5.01 Å². The molecule has 4 aromatic rings. The standard InChI is InChI=1S/C20H16N2O3S2/c1-24-14-8-7-12(9-15(14)25-2)10-17-20(23)22-19(27-17)11-18-21-13-5-3-4-6-16(13)26-18/h3-11H,1-2H3,(H,22,23)/b17-10-,19-11+. The van der Waals surface area contributed by atoms with Gasteiger partial charge in [-0.15, -0.1) is 22.7 Å². The molecule has 0 aliphatic rings. The van der Waals surface area contributed by atoms with Gasteiger partial charge < -0.3 is 14.5 Å². The van der Waals surface area contributed by atoms with Crippen molar-refractivity contribution in [1.29, 1.82) is 0 Å². The van der Waals surface area contributed by atoms with E-state index in [1.54, 1.807) is 25.6 Å². The number of para-hydroxylation sites is 1. The minimum atomic E-state index is -0.123. The summed E-state index contributed by atoms with van der Waals surface area (Å²) in [5, 5.41) is 0.867. The maximum absolute atomic E-state index is 12.3. The van der Waals surface area contributed by atoms with Crippen LogP contribution in [-0.2, 0) is 0 Å². The molecule has 0 aliphatic heterocycles. The lowest BCUT2D eigenvalue weighted by atomic mass is 10.2. The molecule has 0 saturated carbocycles. The van der Waals surface area contributed by atoms with Crippen LogP contribution in [0.3, 0.4) is 0 Å². The van der Waals surface area contributed by atoms with E-state index in [9.17, 15) is 4.79 Å². The number of aromatic amines is 1. The average molecular weight is 396 g/mol. The van der Waals surface area contributed by atoms with Gasteiger partial charge in [-0.3, -0.25) is 4.79 Å². The van der Waals surface area contributed by atoms with Crippen molar-refractivity contribution < 1.29 is 9.47 Å². The monoisotopic (exact) mass is 396 g/mol. The van der Waals surface area contributed by atoms with E-state index in [0.29, 0.717) is 16.0 Å². The second kappa shape index (κ2) is 7.38. The summed E-state index contributed by atoms with van der Waals surface area (Å²) in [5.74, 6) is 1.28. The third kappa shape index (κ3) is 3.65. The molecular weight excluding hydrogens is 380 g/mol. The zero-order valence-corrected chi connectivity index (χ0v) is 16.3. The molecule has 0 saturated heterocycles.